The van der Waals surface area contributed by atoms with E-state index in [0.717, 1.165) is 19.3 Å². The van der Waals surface area contributed by atoms with E-state index in [1.54, 1.807) is 0 Å². The van der Waals surface area contributed by atoms with Gasteiger partial charge in [-0.15, -0.1) is 0 Å². The fraction of sp³-hybridized carbons (Fsp3) is 0.591. The van der Waals surface area contributed by atoms with Crippen LogP contribution in [0.5, 0.6) is 0 Å². The highest BCUT2D eigenvalue weighted by Gasteiger charge is 2.17. The summed E-state index contributed by atoms with van der Waals surface area (Å²) in [5.74, 6) is -1.30. The SMILES string of the molecule is CCCCCCCCCCCC(=O)Nc1cc(C(=O)OC)ccc1C(=O)OC. The van der Waals surface area contributed by atoms with Crippen LogP contribution in [0.3, 0.4) is 0 Å². The zero-order valence-corrected chi connectivity index (χ0v) is 17.3. The van der Waals surface area contributed by atoms with Gasteiger partial charge in [-0.2, -0.15) is 0 Å². The quantitative estimate of drug-likeness (QED) is 0.373. The third-order valence-corrected chi connectivity index (χ3v) is 4.63. The molecule has 0 aliphatic carbocycles. The van der Waals surface area contributed by atoms with Crippen LogP contribution in [0.4, 0.5) is 5.69 Å². The topological polar surface area (TPSA) is 81.7 Å². The van der Waals surface area contributed by atoms with E-state index in [4.69, 9.17) is 4.74 Å². The predicted octanol–water partition coefficient (Wildman–Crippen LogP) is 5.12. The van der Waals surface area contributed by atoms with Crippen molar-refractivity contribution in [1.82, 2.24) is 0 Å². The molecule has 0 fully saturated rings. The molecule has 156 valence electrons. The highest BCUT2D eigenvalue weighted by molar-refractivity contribution is 6.03. The third-order valence-electron chi connectivity index (χ3n) is 4.63. The number of hydrogen-bond acceptors (Lipinski definition) is 5. The zero-order chi connectivity index (χ0) is 20.8. The molecule has 0 saturated heterocycles. The Morgan fingerprint density at radius 3 is 1.96 bits per heavy atom. The van der Waals surface area contributed by atoms with Crippen molar-refractivity contribution in [3.63, 3.8) is 0 Å². The van der Waals surface area contributed by atoms with Gasteiger partial charge < -0.3 is 14.8 Å². The number of hydrogen-bond donors (Lipinski definition) is 1. The van der Waals surface area contributed by atoms with Crippen molar-refractivity contribution in [1.29, 1.82) is 0 Å². The van der Waals surface area contributed by atoms with Crippen molar-refractivity contribution in [2.24, 2.45) is 0 Å². The molecule has 1 amide bonds. The van der Waals surface area contributed by atoms with Crippen molar-refractivity contribution in [3.8, 4) is 0 Å². The largest absolute Gasteiger partial charge is 0.465 e. The first-order chi connectivity index (χ1) is 13.5. The lowest BCUT2D eigenvalue weighted by Crippen LogP contribution is -2.16. The zero-order valence-electron chi connectivity index (χ0n) is 17.3. The number of benzene rings is 1. The molecule has 0 bridgehead atoms. The molecule has 1 N–H and O–H groups in total. The Labute approximate surface area is 168 Å². The minimum absolute atomic E-state index is 0.185. The summed E-state index contributed by atoms with van der Waals surface area (Å²) in [4.78, 5) is 35.9. The lowest BCUT2D eigenvalue weighted by molar-refractivity contribution is -0.116. The van der Waals surface area contributed by atoms with Crippen LogP contribution in [0.25, 0.3) is 0 Å². The number of rotatable bonds is 13. The number of anilines is 1. The Kier molecular flexibility index (Phi) is 11.6. The second-order valence-corrected chi connectivity index (χ2v) is 6.87. The Morgan fingerprint density at radius 1 is 0.821 bits per heavy atom. The number of nitrogens with one attached hydrogen (secondary N) is 1. The van der Waals surface area contributed by atoms with Gasteiger partial charge in [0, 0.05) is 6.42 Å². The van der Waals surface area contributed by atoms with E-state index in [-0.39, 0.29) is 22.7 Å². The maximum absolute atomic E-state index is 12.3. The summed E-state index contributed by atoms with van der Waals surface area (Å²) in [6.45, 7) is 2.21. The van der Waals surface area contributed by atoms with Crippen molar-refractivity contribution in [2.75, 3.05) is 19.5 Å². The summed E-state index contributed by atoms with van der Waals surface area (Å²) < 4.78 is 9.43. The summed E-state index contributed by atoms with van der Waals surface area (Å²) >= 11 is 0. The van der Waals surface area contributed by atoms with E-state index in [2.05, 4.69) is 17.0 Å². The summed E-state index contributed by atoms with van der Waals surface area (Å²) in [5.41, 5.74) is 0.722. The fourth-order valence-electron chi connectivity index (χ4n) is 2.99. The molecule has 0 heterocycles. The van der Waals surface area contributed by atoms with E-state index < -0.39 is 11.9 Å². The number of ether oxygens (including phenoxy) is 2. The molecule has 0 aromatic heterocycles. The number of unbranched alkanes of at least 4 members (excludes halogenated alkanes) is 8. The van der Waals surface area contributed by atoms with Crippen molar-refractivity contribution in [2.45, 2.75) is 71.1 Å². The molecular formula is C22H33NO5. The molecule has 0 spiro atoms. The van der Waals surface area contributed by atoms with Crippen LogP contribution in [-0.4, -0.2) is 32.1 Å². The fourth-order valence-corrected chi connectivity index (χ4v) is 2.99. The Bertz CT molecular complexity index is 642. The maximum Gasteiger partial charge on any atom is 0.339 e. The van der Waals surface area contributed by atoms with Crippen LogP contribution in [0.2, 0.25) is 0 Å². The number of carbonyl (C=O) groups is 3. The summed E-state index contributed by atoms with van der Waals surface area (Å²) in [6, 6.07) is 4.35. The van der Waals surface area contributed by atoms with E-state index in [1.165, 1.54) is 70.9 Å². The number of esters is 2. The lowest BCUT2D eigenvalue weighted by Gasteiger charge is -2.11. The standard InChI is InChI=1S/C22H33NO5/c1-4-5-6-7-8-9-10-11-12-13-20(24)23-19-16-17(21(25)27-2)14-15-18(19)22(26)28-3/h14-16H,4-13H2,1-3H3,(H,23,24). The van der Waals surface area contributed by atoms with E-state index in [9.17, 15) is 14.4 Å². The number of methoxy groups -OCH3 is 2. The molecule has 6 nitrogen and oxygen atoms in total. The lowest BCUT2D eigenvalue weighted by atomic mass is 10.1. The average molecular weight is 392 g/mol. The molecule has 0 aliphatic heterocycles. The minimum Gasteiger partial charge on any atom is -0.465 e. The van der Waals surface area contributed by atoms with Crippen molar-refractivity contribution >= 4 is 23.5 Å². The van der Waals surface area contributed by atoms with Gasteiger partial charge in [0.2, 0.25) is 5.91 Å². The molecule has 0 aliphatic rings. The van der Waals surface area contributed by atoms with Crippen molar-refractivity contribution in [3.05, 3.63) is 29.3 Å². The van der Waals surface area contributed by atoms with Crippen LogP contribution >= 0.6 is 0 Å². The molecular weight excluding hydrogens is 358 g/mol. The molecule has 0 atom stereocenters. The Morgan fingerprint density at radius 2 is 1.39 bits per heavy atom. The average Bonchev–Trinajstić information content (AvgIpc) is 2.71. The van der Waals surface area contributed by atoms with E-state index in [1.807, 2.05) is 0 Å². The van der Waals surface area contributed by atoms with Gasteiger partial charge in [-0.3, -0.25) is 4.79 Å². The molecule has 1 rings (SSSR count). The smallest absolute Gasteiger partial charge is 0.339 e. The van der Waals surface area contributed by atoms with Crippen LogP contribution in [0, 0.1) is 0 Å². The van der Waals surface area contributed by atoms with Gasteiger partial charge in [0.15, 0.2) is 0 Å². The van der Waals surface area contributed by atoms with Crippen LogP contribution in [0.1, 0.15) is 91.8 Å². The predicted molar refractivity (Wildman–Crippen MR) is 110 cm³/mol. The van der Waals surface area contributed by atoms with E-state index in [0.29, 0.717) is 6.42 Å². The molecule has 28 heavy (non-hydrogen) atoms. The van der Waals surface area contributed by atoms with Gasteiger partial charge in [-0.25, -0.2) is 9.59 Å². The highest BCUT2D eigenvalue weighted by Crippen LogP contribution is 2.20. The summed E-state index contributed by atoms with van der Waals surface area (Å²) in [6.07, 6.45) is 10.9. The first-order valence-corrected chi connectivity index (χ1v) is 10.1. The highest BCUT2D eigenvalue weighted by atomic mass is 16.5. The first-order valence-electron chi connectivity index (χ1n) is 10.1. The van der Waals surface area contributed by atoms with Crippen LogP contribution in [-0.2, 0) is 14.3 Å². The van der Waals surface area contributed by atoms with Gasteiger partial charge in [0.05, 0.1) is 31.0 Å². The van der Waals surface area contributed by atoms with Crippen LogP contribution < -0.4 is 5.32 Å². The molecule has 6 heteroatoms. The van der Waals surface area contributed by atoms with Crippen molar-refractivity contribution < 1.29 is 23.9 Å². The maximum atomic E-state index is 12.3. The molecule has 0 saturated carbocycles. The second kappa shape index (κ2) is 13.7. The first kappa shape index (κ1) is 23.7. The molecule has 0 radical (unpaired) electrons. The molecule has 1 aromatic carbocycles. The minimum atomic E-state index is -0.574. The normalized spacial score (nSPS) is 10.4. The van der Waals surface area contributed by atoms with E-state index >= 15 is 0 Å². The number of carbonyl (C=O) groups excluding carboxylic acids is 3. The monoisotopic (exact) mass is 391 g/mol. The second-order valence-electron chi connectivity index (χ2n) is 6.87. The number of amides is 1. The van der Waals surface area contributed by atoms with Crippen LogP contribution in [0.15, 0.2) is 18.2 Å². The third kappa shape index (κ3) is 8.55. The molecule has 0 unspecified atom stereocenters. The summed E-state index contributed by atoms with van der Waals surface area (Å²) in [5, 5.41) is 2.72. The Hall–Kier alpha value is -2.37. The molecule has 1 aromatic rings. The van der Waals surface area contributed by atoms with Gasteiger partial charge in [0.25, 0.3) is 0 Å². The summed E-state index contributed by atoms with van der Waals surface area (Å²) in [7, 11) is 2.54. The van der Waals surface area contributed by atoms with Gasteiger partial charge in [-0.1, -0.05) is 58.3 Å². The van der Waals surface area contributed by atoms with Gasteiger partial charge in [-0.05, 0) is 24.6 Å². The van der Waals surface area contributed by atoms with Gasteiger partial charge in [0.1, 0.15) is 0 Å². The van der Waals surface area contributed by atoms with Gasteiger partial charge >= 0.3 is 11.9 Å². The Balaban J connectivity index is 2.49.